The monoisotopic (exact) mass is 325 g/mol. The van der Waals surface area contributed by atoms with Crippen molar-refractivity contribution in [3.63, 3.8) is 0 Å². The Morgan fingerprint density at radius 2 is 1.90 bits per heavy atom. The van der Waals surface area contributed by atoms with E-state index in [-0.39, 0.29) is 5.57 Å². The lowest BCUT2D eigenvalue weighted by Crippen LogP contribution is -1.98. The van der Waals surface area contributed by atoms with Crippen LogP contribution in [-0.2, 0) is 0 Å². The smallest absolute Gasteiger partial charge is 0.130 e. The van der Waals surface area contributed by atoms with Crippen LogP contribution in [0.5, 0.6) is 0 Å². The molecule has 0 aliphatic heterocycles. The fraction of sp³-hybridized carbons (Fsp3) is 0.125. The molecule has 0 saturated heterocycles. The molecule has 98 valence electrons. The summed E-state index contributed by atoms with van der Waals surface area (Å²) >= 11 is 3.47. The number of aryl methyl sites for hydroxylation is 1. The van der Waals surface area contributed by atoms with Crippen molar-refractivity contribution in [3.05, 3.63) is 57.3 Å². The molecule has 1 aromatic carbocycles. The maximum Gasteiger partial charge on any atom is 0.130 e. The van der Waals surface area contributed by atoms with E-state index in [0.717, 1.165) is 27.1 Å². The van der Waals surface area contributed by atoms with Crippen LogP contribution in [0.1, 0.15) is 17.0 Å². The zero-order valence-corrected chi connectivity index (χ0v) is 12.8. The molecule has 2 rings (SSSR count). The first-order chi connectivity index (χ1) is 9.56. The molecule has 0 N–H and O–H groups in total. The number of hydrogen-bond acceptors (Lipinski definition) is 2. The third kappa shape index (κ3) is 2.66. The zero-order valence-electron chi connectivity index (χ0n) is 11.2. The second-order valence-electron chi connectivity index (χ2n) is 4.42. The van der Waals surface area contributed by atoms with Crippen LogP contribution >= 0.6 is 15.9 Å². The third-order valence-electron chi connectivity index (χ3n) is 3.08. The van der Waals surface area contributed by atoms with Gasteiger partial charge in [0.1, 0.15) is 17.7 Å². The Balaban J connectivity index is 2.59. The van der Waals surface area contributed by atoms with Crippen molar-refractivity contribution < 1.29 is 0 Å². The molecule has 0 atom stereocenters. The molecular formula is C16H12BrN3. The Hall–Kier alpha value is -2.30. The number of nitriles is 2. The summed E-state index contributed by atoms with van der Waals surface area (Å²) in [5, 5.41) is 17.7. The second-order valence-corrected chi connectivity index (χ2v) is 5.34. The molecule has 0 radical (unpaired) electrons. The fourth-order valence-electron chi connectivity index (χ4n) is 2.19. The predicted molar refractivity (Wildman–Crippen MR) is 82.1 cm³/mol. The number of aromatic nitrogens is 1. The van der Waals surface area contributed by atoms with Crippen LogP contribution in [0.3, 0.4) is 0 Å². The highest BCUT2D eigenvalue weighted by Gasteiger charge is 2.10. The van der Waals surface area contributed by atoms with E-state index in [9.17, 15) is 0 Å². The Kier molecular flexibility index (Phi) is 4.08. The highest BCUT2D eigenvalue weighted by molar-refractivity contribution is 9.10. The van der Waals surface area contributed by atoms with Crippen molar-refractivity contribution in [1.82, 2.24) is 4.57 Å². The standard InChI is InChI=1S/C16H12BrN3/c1-11-6-14(7-13(9-18)10-19)12(2)20(11)16-5-3-4-15(17)8-16/h3-8H,1-2H3. The summed E-state index contributed by atoms with van der Waals surface area (Å²) in [6.45, 7) is 3.98. The van der Waals surface area contributed by atoms with Gasteiger partial charge in [0.15, 0.2) is 0 Å². The van der Waals surface area contributed by atoms with E-state index >= 15 is 0 Å². The molecule has 0 aliphatic carbocycles. The van der Waals surface area contributed by atoms with Gasteiger partial charge in [-0.15, -0.1) is 0 Å². The SMILES string of the molecule is Cc1cc(C=C(C#N)C#N)c(C)n1-c1cccc(Br)c1. The van der Waals surface area contributed by atoms with Crippen molar-refractivity contribution >= 4 is 22.0 Å². The summed E-state index contributed by atoms with van der Waals surface area (Å²) in [5.74, 6) is 0. The lowest BCUT2D eigenvalue weighted by Gasteiger charge is -2.09. The lowest BCUT2D eigenvalue weighted by molar-refractivity contribution is 0.963. The van der Waals surface area contributed by atoms with Gasteiger partial charge in [-0.3, -0.25) is 0 Å². The normalized spacial score (nSPS) is 9.65. The first-order valence-electron chi connectivity index (χ1n) is 6.03. The quantitative estimate of drug-likeness (QED) is 0.773. The van der Waals surface area contributed by atoms with E-state index in [4.69, 9.17) is 10.5 Å². The molecular weight excluding hydrogens is 314 g/mol. The van der Waals surface area contributed by atoms with Gasteiger partial charge >= 0.3 is 0 Å². The van der Waals surface area contributed by atoms with Crippen LogP contribution in [0.2, 0.25) is 0 Å². The highest BCUT2D eigenvalue weighted by atomic mass is 79.9. The van der Waals surface area contributed by atoms with Gasteiger partial charge in [-0.05, 0) is 49.8 Å². The summed E-state index contributed by atoms with van der Waals surface area (Å²) in [6, 6.07) is 13.8. The van der Waals surface area contributed by atoms with E-state index in [1.165, 1.54) is 0 Å². The first kappa shape index (κ1) is 14.1. The van der Waals surface area contributed by atoms with E-state index in [0.29, 0.717) is 0 Å². The van der Waals surface area contributed by atoms with E-state index in [1.807, 2.05) is 56.3 Å². The van der Waals surface area contributed by atoms with Crippen molar-refractivity contribution in [1.29, 1.82) is 10.5 Å². The number of rotatable bonds is 2. The number of benzene rings is 1. The topological polar surface area (TPSA) is 52.5 Å². The highest BCUT2D eigenvalue weighted by Crippen LogP contribution is 2.24. The average Bonchev–Trinajstić information content (AvgIpc) is 2.70. The molecule has 0 spiro atoms. The van der Waals surface area contributed by atoms with Crippen LogP contribution in [0.15, 0.2) is 40.4 Å². The minimum absolute atomic E-state index is 0.111. The summed E-state index contributed by atoms with van der Waals surface area (Å²) in [4.78, 5) is 0. The Bertz CT molecular complexity index is 754. The van der Waals surface area contributed by atoms with E-state index < -0.39 is 0 Å². The Morgan fingerprint density at radius 3 is 2.50 bits per heavy atom. The number of nitrogens with zero attached hydrogens (tertiary/aromatic N) is 3. The number of allylic oxidation sites excluding steroid dienone is 1. The summed E-state index contributed by atoms with van der Waals surface area (Å²) < 4.78 is 3.11. The summed E-state index contributed by atoms with van der Waals surface area (Å²) in [5.41, 5.74) is 4.11. The molecule has 0 aliphatic rings. The van der Waals surface area contributed by atoms with Gasteiger partial charge in [0.25, 0.3) is 0 Å². The number of hydrogen-bond donors (Lipinski definition) is 0. The van der Waals surface area contributed by atoms with E-state index in [2.05, 4.69) is 20.5 Å². The van der Waals surface area contributed by atoms with Gasteiger partial charge in [-0.25, -0.2) is 0 Å². The van der Waals surface area contributed by atoms with E-state index in [1.54, 1.807) is 6.08 Å². The molecule has 2 aromatic rings. The third-order valence-corrected chi connectivity index (χ3v) is 3.57. The van der Waals surface area contributed by atoms with Crippen molar-refractivity contribution in [2.75, 3.05) is 0 Å². The molecule has 3 nitrogen and oxygen atoms in total. The van der Waals surface area contributed by atoms with Crippen LogP contribution in [0, 0.1) is 36.5 Å². The molecule has 0 amide bonds. The number of halogens is 1. The van der Waals surface area contributed by atoms with Gasteiger partial charge in [-0.1, -0.05) is 22.0 Å². The van der Waals surface area contributed by atoms with Crippen molar-refractivity contribution in [3.8, 4) is 17.8 Å². The fourth-order valence-corrected chi connectivity index (χ4v) is 2.58. The summed E-state index contributed by atoms with van der Waals surface area (Å²) in [7, 11) is 0. The van der Waals surface area contributed by atoms with Gasteiger partial charge in [0, 0.05) is 21.5 Å². The minimum Gasteiger partial charge on any atom is -0.318 e. The molecule has 20 heavy (non-hydrogen) atoms. The molecule has 0 fully saturated rings. The van der Waals surface area contributed by atoms with Crippen molar-refractivity contribution in [2.24, 2.45) is 0 Å². The van der Waals surface area contributed by atoms with Gasteiger partial charge in [0.05, 0.1) is 0 Å². The van der Waals surface area contributed by atoms with Gasteiger partial charge < -0.3 is 4.57 Å². The zero-order chi connectivity index (χ0) is 14.7. The van der Waals surface area contributed by atoms with Crippen LogP contribution in [0.25, 0.3) is 11.8 Å². The molecule has 0 bridgehead atoms. The molecule has 1 heterocycles. The Labute approximate surface area is 126 Å². The molecule has 1 aromatic heterocycles. The molecule has 0 unspecified atom stereocenters. The predicted octanol–water partition coefficient (Wildman–Crippen LogP) is 4.29. The van der Waals surface area contributed by atoms with Crippen LogP contribution in [-0.4, -0.2) is 4.57 Å². The second kappa shape index (κ2) is 5.77. The van der Waals surface area contributed by atoms with Gasteiger partial charge in [-0.2, -0.15) is 10.5 Å². The van der Waals surface area contributed by atoms with Crippen molar-refractivity contribution in [2.45, 2.75) is 13.8 Å². The molecule has 4 heteroatoms. The average molecular weight is 326 g/mol. The first-order valence-corrected chi connectivity index (χ1v) is 6.83. The largest absolute Gasteiger partial charge is 0.318 e. The van der Waals surface area contributed by atoms with Crippen LogP contribution < -0.4 is 0 Å². The minimum atomic E-state index is 0.111. The lowest BCUT2D eigenvalue weighted by atomic mass is 10.1. The summed E-state index contributed by atoms with van der Waals surface area (Å²) in [6.07, 6.45) is 1.62. The van der Waals surface area contributed by atoms with Crippen LogP contribution in [0.4, 0.5) is 0 Å². The Morgan fingerprint density at radius 1 is 1.20 bits per heavy atom. The maximum atomic E-state index is 8.85. The maximum absolute atomic E-state index is 8.85. The van der Waals surface area contributed by atoms with Gasteiger partial charge in [0.2, 0.25) is 0 Å². The molecule has 0 saturated carbocycles.